The molecule has 6 nitrogen and oxygen atoms in total. The Morgan fingerprint density at radius 2 is 1.92 bits per heavy atom. The van der Waals surface area contributed by atoms with Gasteiger partial charge in [-0.25, -0.2) is 4.79 Å². The summed E-state index contributed by atoms with van der Waals surface area (Å²) in [6.07, 6.45) is 0. The predicted octanol–water partition coefficient (Wildman–Crippen LogP) is 2.48. The molecule has 0 atom stereocenters. The van der Waals surface area contributed by atoms with Crippen LogP contribution >= 0.6 is 0 Å². The van der Waals surface area contributed by atoms with E-state index in [1.165, 1.54) is 5.56 Å². The van der Waals surface area contributed by atoms with E-state index in [4.69, 9.17) is 9.47 Å². The standard InChI is InChI=1S/C19H31N3O3Si/c1-20-18-16(14-21-8-10-24-11-9-21)6-5-7-17(18)22(19(20)23)15-25-12-13-26(2,3)4/h5-7H,8-15H2,1-4H3. The predicted molar refractivity (Wildman–Crippen MR) is 107 cm³/mol. The van der Waals surface area contributed by atoms with Crippen LogP contribution in [0.15, 0.2) is 23.0 Å². The largest absolute Gasteiger partial charge is 0.379 e. The van der Waals surface area contributed by atoms with Crippen LogP contribution in [0.3, 0.4) is 0 Å². The normalized spacial score (nSPS) is 16.5. The second-order valence-electron chi connectivity index (χ2n) is 8.29. The average molecular weight is 378 g/mol. The number of hydrogen-bond donors (Lipinski definition) is 0. The molecule has 1 aliphatic heterocycles. The first-order chi connectivity index (χ1) is 12.4. The molecular weight excluding hydrogens is 346 g/mol. The first-order valence-corrected chi connectivity index (χ1v) is 13.1. The average Bonchev–Trinajstić information content (AvgIpc) is 2.84. The molecule has 1 aromatic carbocycles. The Kier molecular flexibility index (Phi) is 6.02. The molecule has 0 saturated carbocycles. The van der Waals surface area contributed by atoms with Crippen LogP contribution in [0, 0.1) is 0 Å². The zero-order valence-electron chi connectivity index (χ0n) is 16.5. The maximum atomic E-state index is 12.7. The van der Waals surface area contributed by atoms with Crippen molar-refractivity contribution in [3.8, 4) is 0 Å². The number of para-hydroxylation sites is 1. The van der Waals surface area contributed by atoms with Gasteiger partial charge < -0.3 is 9.47 Å². The highest BCUT2D eigenvalue weighted by Gasteiger charge is 2.18. The summed E-state index contributed by atoms with van der Waals surface area (Å²) in [4.78, 5) is 15.1. The number of nitrogens with zero attached hydrogens (tertiary/aromatic N) is 3. The fourth-order valence-electron chi connectivity index (χ4n) is 3.35. The van der Waals surface area contributed by atoms with Gasteiger partial charge in [0.15, 0.2) is 0 Å². The van der Waals surface area contributed by atoms with E-state index < -0.39 is 8.07 Å². The minimum Gasteiger partial charge on any atom is -0.379 e. The first-order valence-electron chi connectivity index (χ1n) is 9.42. The van der Waals surface area contributed by atoms with Gasteiger partial charge in [-0.1, -0.05) is 31.8 Å². The molecule has 0 aliphatic carbocycles. The smallest absolute Gasteiger partial charge is 0.330 e. The van der Waals surface area contributed by atoms with Crippen molar-refractivity contribution in [1.29, 1.82) is 0 Å². The quantitative estimate of drug-likeness (QED) is 0.549. The molecule has 26 heavy (non-hydrogen) atoms. The summed E-state index contributed by atoms with van der Waals surface area (Å²) in [6.45, 7) is 12.3. The van der Waals surface area contributed by atoms with Crippen molar-refractivity contribution in [1.82, 2.24) is 14.0 Å². The molecule has 1 fully saturated rings. The van der Waals surface area contributed by atoms with Gasteiger partial charge in [0.05, 0.1) is 24.2 Å². The van der Waals surface area contributed by atoms with Gasteiger partial charge in [-0.2, -0.15) is 0 Å². The molecule has 1 aliphatic rings. The van der Waals surface area contributed by atoms with Crippen LogP contribution in [-0.2, 0) is 29.8 Å². The number of benzene rings is 1. The molecule has 0 amide bonds. The van der Waals surface area contributed by atoms with Crippen LogP contribution in [-0.4, -0.2) is 55.0 Å². The fourth-order valence-corrected chi connectivity index (χ4v) is 4.11. The number of imidazole rings is 1. The van der Waals surface area contributed by atoms with E-state index in [0.717, 1.165) is 49.9 Å². The van der Waals surface area contributed by atoms with E-state index in [1.807, 2.05) is 19.2 Å². The third kappa shape index (κ3) is 4.46. The van der Waals surface area contributed by atoms with E-state index in [0.29, 0.717) is 13.3 Å². The molecule has 0 bridgehead atoms. The van der Waals surface area contributed by atoms with Crippen molar-refractivity contribution in [3.05, 3.63) is 34.2 Å². The maximum Gasteiger partial charge on any atom is 0.330 e. The number of hydrogen-bond acceptors (Lipinski definition) is 4. The zero-order valence-corrected chi connectivity index (χ0v) is 17.5. The maximum absolute atomic E-state index is 12.7. The lowest BCUT2D eigenvalue weighted by Crippen LogP contribution is -2.35. The summed E-state index contributed by atoms with van der Waals surface area (Å²) < 4.78 is 14.8. The third-order valence-electron chi connectivity index (χ3n) is 4.96. The van der Waals surface area contributed by atoms with Crippen molar-refractivity contribution in [2.75, 3.05) is 32.9 Å². The van der Waals surface area contributed by atoms with Crippen LogP contribution in [0.4, 0.5) is 0 Å². The molecule has 2 aromatic rings. The first kappa shape index (κ1) is 19.4. The number of aromatic nitrogens is 2. The highest BCUT2D eigenvalue weighted by Crippen LogP contribution is 2.20. The van der Waals surface area contributed by atoms with Crippen LogP contribution in [0.1, 0.15) is 5.56 Å². The van der Waals surface area contributed by atoms with Gasteiger partial charge in [-0.05, 0) is 17.7 Å². The number of rotatable bonds is 7. The Labute approximate surface area is 156 Å². The van der Waals surface area contributed by atoms with Gasteiger partial charge in [0.25, 0.3) is 0 Å². The van der Waals surface area contributed by atoms with Gasteiger partial charge in [0, 0.05) is 41.4 Å². The van der Waals surface area contributed by atoms with E-state index in [-0.39, 0.29) is 5.69 Å². The fraction of sp³-hybridized carbons (Fsp3) is 0.632. The molecule has 0 spiro atoms. The second kappa shape index (κ2) is 8.08. The number of aryl methyl sites for hydroxylation is 1. The number of fused-ring (bicyclic) bond motifs is 1. The minimum atomic E-state index is -1.12. The molecule has 0 N–H and O–H groups in total. The number of ether oxygens (including phenoxy) is 2. The Bertz CT molecular complexity index is 801. The van der Waals surface area contributed by atoms with Crippen LogP contribution in [0.5, 0.6) is 0 Å². The highest BCUT2D eigenvalue weighted by molar-refractivity contribution is 6.76. The second-order valence-corrected chi connectivity index (χ2v) is 13.9. The monoisotopic (exact) mass is 377 g/mol. The topological polar surface area (TPSA) is 48.6 Å². The summed E-state index contributed by atoms with van der Waals surface area (Å²) in [7, 11) is 0.728. The SMILES string of the molecule is Cn1c(=O)n(COCC[Si](C)(C)C)c2cccc(CN3CCOCC3)c21. The Balaban J connectivity index is 1.80. The molecule has 0 radical (unpaired) electrons. The van der Waals surface area contributed by atoms with Crippen LogP contribution < -0.4 is 5.69 Å². The Morgan fingerprint density at radius 1 is 1.19 bits per heavy atom. The van der Waals surface area contributed by atoms with E-state index in [2.05, 4.69) is 30.6 Å². The van der Waals surface area contributed by atoms with E-state index in [9.17, 15) is 4.79 Å². The van der Waals surface area contributed by atoms with Crippen LogP contribution in [0.25, 0.3) is 11.0 Å². The molecule has 1 saturated heterocycles. The van der Waals surface area contributed by atoms with Gasteiger partial charge in [0.2, 0.25) is 0 Å². The van der Waals surface area contributed by atoms with Crippen LogP contribution in [0.2, 0.25) is 25.7 Å². The molecule has 3 rings (SSSR count). The van der Waals surface area contributed by atoms with E-state index in [1.54, 1.807) is 9.13 Å². The van der Waals surface area contributed by atoms with E-state index >= 15 is 0 Å². The lowest BCUT2D eigenvalue weighted by atomic mass is 10.1. The van der Waals surface area contributed by atoms with Crippen molar-refractivity contribution in [2.24, 2.45) is 7.05 Å². The molecular formula is C19H31N3O3Si. The summed E-state index contributed by atoms with van der Waals surface area (Å²) in [6, 6.07) is 7.28. The lowest BCUT2D eigenvalue weighted by Gasteiger charge is -2.26. The Hall–Kier alpha value is -1.41. The van der Waals surface area contributed by atoms with Crippen molar-refractivity contribution in [2.45, 2.75) is 39.0 Å². The minimum absolute atomic E-state index is 0.0116. The van der Waals surface area contributed by atoms with Gasteiger partial charge in [-0.15, -0.1) is 0 Å². The molecule has 7 heteroatoms. The summed E-state index contributed by atoms with van der Waals surface area (Å²) in [5.74, 6) is 0. The van der Waals surface area contributed by atoms with Crippen molar-refractivity contribution >= 4 is 19.1 Å². The summed E-state index contributed by atoms with van der Waals surface area (Å²) in [5.41, 5.74) is 3.14. The highest BCUT2D eigenvalue weighted by atomic mass is 28.3. The van der Waals surface area contributed by atoms with Gasteiger partial charge in [0.1, 0.15) is 6.73 Å². The third-order valence-corrected chi connectivity index (χ3v) is 6.66. The summed E-state index contributed by atoms with van der Waals surface area (Å²) in [5, 5.41) is 0. The number of morpholine rings is 1. The van der Waals surface area contributed by atoms with Crippen molar-refractivity contribution < 1.29 is 9.47 Å². The Morgan fingerprint density at radius 3 is 2.62 bits per heavy atom. The van der Waals surface area contributed by atoms with Gasteiger partial charge >= 0.3 is 5.69 Å². The molecule has 144 valence electrons. The van der Waals surface area contributed by atoms with Gasteiger partial charge in [-0.3, -0.25) is 14.0 Å². The molecule has 1 aromatic heterocycles. The van der Waals surface area contributed by atoms with Crippen molar-refractivity contribution in [3.63, 3.8) is 0 Å². The summed E-state index contributed by atoms with van der Waals surface area (Å²) >= 11 is 0. The molecule has 2 heterocycles. The lowest BCUT2D eigenvalue weighted by molar-refractivity contribution is 0.0343. The molecule has 0 unspecified atom stereocenters. The zero-order chi connectivity index (χ0) is 18.7.